The minimum Gasteiger partial charge on any atom is -0.392 e. The molecule has 5 heteroatoms. The van der Waals surface area contributed by atoms with Crippen molar-refractivity contribution in [2.75, 3.05) is 23.7 Å². The molecule has 5 nitrogen and oxygen atoms in total. The Morgan fingerprint density at radius 3 is 3.00 bits per heavy atom. The van der Waals surface area contributed by atoms with Crippen molar-refractivity contribution in [1.82, 2.24) is 9.97 Å². The van der Waals surface area contributed by atoms with E-state index < -0.39 is 0 Å². The van der Waals surface area contributed by atoms with E-state index in [1.54, 1.807) is 12.3 Å². The van der Waals surface area contributed by atoms with Gasteiger partial charge < -0.3 is 15.7 Å². The fourth-order valence-electron chi connectivity index (χ4n) is 2.49. The van der Waals surface area contributed by atoms with Crippen molar-refractivity contribution in [3.05, 3.63) is 12.3 Å². The number of nitrogen functional groups attached to an aromatic ring is 1. The van der Waals surface area contributed by atoms with E-state index in [1.807, 2.05) is 0 Å². The number of aromatic nitrogens is 2. The van der Waals surface area contributed by atoms with Crippen LogP contribution < -0.4 is 10.6 Å². The topological polar surface area (TPSA) is 75.3 Å². The zero-order valence-corrected chi connectivity index (χ0v) is 9.13. The quantitative estimate of drug-likeness (QED) is 0.717. The van der Waals surface area contributed by atoms with Crippen molar-refractivity contribution in [2.24, 2.45) is 5.41 Å². The maximum absolute atomic E-state index is 9.93. The average Bonchev–Trinajstić information content (AvgIpc) is 3.03. The Labute approximate surface area is 94.3 Å². The second-order valence-electron chi connectivity index (χ2n) is 4.87. The molecule has 1 aliphatic heterocycles. The Hall–Kier alpha value is -1.36. The molecule has 1 unspecified atom stereocenters. The van der Waals surface area contributed by atoms with Crippen LogP contribution in [0.25, 0.3) is 0 Å². The summed E-state index contributed by atoms with van der Waals surface area (Å²) in [4.78, 5) is 10.6. The van der Waals surface area contributed by atoms with E-state index in [9.17, 15) is 5.11 Å². The Morgan fingerprint density at radius 2 is 2.31 bits per heavy atom. The van der Waals surface area contributed by atoms with Gasteiger partial charge in [0.25, 0.3) is 0 Å². The van der Waals surface area contributed by atoms with Gasteiger partial charge in [-0.2, -0.15) is 4.98 Å². The van der Waals surface area contributed by atoms with Crippen molar-refractivity contribution < 1.29 is 5.11 Å². The first kappa shape index (κ1) is 9.84. The van der Waals surface area contributed by atoms with Gasteiger partial charge in [-0.15, -0.1) is 0 Å². The van der Waals surface area contributed by atoms with Crippen molar-refractivity contribution in [3.63, 3.8) is 0 Å². The van der Waals surface area contributed by atoms with Gasteiger partial charge in [0.05, 0.1) is 6.10 Å². The molecule has 3 N–H and O–H groups in total. The number of hydrogen-bond acceptors (Lipinski definition) is 5. The van der Waals surface area contributed by atoms with Crippen LogP contribution in [0.1, 0.15) is 19.3 Å². The molecule has 16 heavy (non-hydrogen) atoms. The molecule has 1 atom stereocenters. The van der Waals surface area contributed by atoms with Gasteiger partial charge in [0.1, 0.15) is 5.82 Å². The van der Waals surface area contributed by atoms with E-state index >= 15 is 0 Å². The smallest absolute Gasteiger partial charge is 0.227 e. The predicted octanol–water partition coefficient (Wildman–Crippen LogP) is 0.410. The molecule has 0 bridgehead atoms. The summed E-state index contributed by atoms with van der Waals surface area (Å²) in [6, 6.07) is 1.69. The number of rotatable bonds is 1. The highest BCUT2D eigenvalue weighted by molar-refractivity contribution is 5.39. The Morgan fingerprint density at radius 1 is 1.50 bits per heavy atom. The summed E-state index contributed by atoms with van der Waals surface area (Å²) in [6.45, 7) is 1.67. The molecule has 1 aromatic rings. The van der Waals surface area contributed by atoms with Gasteiger partial charge >= 0.3 is 0 Å². The van der Waals surface area contributed by atoms with Gasteiger partial charge in [0.15, 0.2) is 0 Å². The maximum Gasteiger partial charge on any atom is 0.227 e. The van der Waals surface area contributed by atoms with Gasteiger partial charge in [-0.25, -0.2) is 4.98 Å². The van der Waals surface area contributed by atoms with Crippen LogP contribution in [0.15, 0.2) is 12.3 Å². The molecular weight excluding hydrogens is 204 g/mol. The van der Waals surface area contributed by atoms with Gasteiger partial charge in [-0.1, -0.05) is 0 Å². The summed E-state index contributed by atoms with van der Waals surface area (Å²) in [6.07, 6.45) is 4.57. The number of nitrogens with zero attached hydrogens (tertiary/aromatic N) is 3. The normalized spacial score (nSPS) is 27.1. The summed E-state index contributed by atoms with van der Waals surface area (Å²) in [5, 5.41) is 9.93. The van der Waals surface area contributed by atoms with Crippen molar-refractivity contribution >= 4 is 11.8 Å². The predicted molar refractivity (Wildman–Crippen MR) is 60.9 cm³/mol. The van der Waals surface area contributed by atoms with E-state index in [0.717, 1.165) is 32.4 Å². The fraction of sp³-hybridized carbons (Fsp3) is 0.636. The molecule has 0 radical (unpaired) electrons. The average molecular weight is 220 g/mol. The van der Waals surface area contributed by atoms with Gasteiger partial charge in [0, 0.05) is 24.7 Å². The number of aliphatic hydroxyl groups excluding tert-OH is 1. The first-order chi connectivity index (χ1) is 7.70. The summed E-state index contributed by atoms with van der Waals surface area (Å²) in [5.74, 6) is 1.19. The van der Waals surface area contributed by atoms with Crippen LogP contribution in [-0.2, 0) is 0 Å². The van der Waals surface area contributed by atoms with Crippen molar-refractivity contribution in [2.45, 2.75) is 25.4 Å². The van der Waals surface area contributed by atoms with Gasteiger partial charge in [0.2, 0.25) is 5.95 Å². The van der Waals surface area contributed by atoms with Crippen molar-refractivity contribution in [3.8, 4) is 0 Å². The summed E-state index contributed by atoms with van der Waals surface area (Å²) >= 11 is 0. The lowest BCUT2D eigenvalue weighted by molar-refractivity contribution is 0.0731. The van der Waals surface area contributed by atoms with Crippen LogP contribution in [-0.4, -0.2) is 34.3 Å². The Balaban J connectivity index is 1.81. The van der Waals surface area contributed by atoms with Crippen LogP contribution in [0.3, 0.4) is 0 Å². The molecule has 1 aromatic heterocycles. The molecule has 3 rings (SSSR count). The lowest BCUT2D eigenvalue weighted by Gasteiger charge is -2.36. The molecule has 1 saturated heterocycles. The van der Waals surface area contributed by atoms with Gasteiger partial charge in [-0.3, -0.25) is 0 Å². The van der Waals surface area contributed by atoms with E-state index in [-0.39, 0.29) is 11.5 Å². The lowest BCUT2D eigenvalue weighted by atomic mass is 9.92. The molecule has 2 fully saturated rings. The molecule has 2 heterocycles. The molecule has 0 aromatic carbocycles. The third-order valence-corrected chi connectivity index (χ3v) is 3.72. The number of nitrogens with two attached hydrogens (primary N) is 1. The monoisotopic (exact) mass is 220 g/mol. The maximum atomic E-state index is 9.93. The van der Waals surface area contributed by atoms with E-state index in [0.29, 0.717) is 11.8 Å². The second kappa shape index (κ2) is 3.31. The molecule has 1 spiro atoms. The van der Waals surface area contributed by atoms with Gasteiger partial charge in [-0.05, 0) is 25.3 Å². The summed E-state index contributed by atoms with van der Waals surface area (Å²) in [5.41, 5.74) is 5.77. The standard InChI is InChI=1S/C11H16N4O/c12-9-1-5-13-10(14-9)15-6-2-8(16)11(7-15)3-4-11/h1,5,8,16H,2-4,6-7H2,(H2,12,13,14). The third-order valence-electron chi connectivity index (χ3n) is 3.72. The molecular formula is C11H16N4O. The van der Waals surface area contributed by atoms with Crippen LogP contribution >= 0.6 is 0 Å². The highest BCUT2D eigenvalue weighted by Crippen LogP contribution is 2.52. The minimum atomic E-state index is -0.148. The molecule has 1 saturated carbocycles. The zero-order chi connectivity index (χ0) is 11.2. The first-order valence-corrected chi connectivity index (χ1v) is 5.71. The highest BCUT2D eigenvalue weighted by Gasteiger charge is 2.52. The van der Waals surface area contributed by atoms with E-state index in [2.05, 4.69) is 14.9 Å². The largest absolute Gasteiger partial charge is 0.392 e. The Bertz CT molecular complexity index is 405. The molecule has 86 valence electrons. The lowest BCUT2D eigenvalue weighted by Crippen LogP contribution is -2.45. The van der Waals surface area contributed by atoms with E-state index in [1.165, 1.54) is 0 Å². The first-order valence-electron chi connectivity index (χ1n) is 5.71. The highest BCUT2D eigenvalue weighted by atomic mass is 16.3. The van der Waals surface area contributed by atoms with E-state index in [4.69, 9.17) is 5.73 Å². The molecule has 1 aliphatic carbocycles. The van der Waals surface area contributed by atoms with Crippen LogP contribution in [0, 0.1) is 5.41 Å². The number of aliphatic hydroxyl groups is 1. The number of hydrogen-bond donors (Lipinski definition) is 2. The number of anilines is 2. The zero-order valence-electron chi connectivity index (χ0n) is 9.13. The van der Waals surface area contributed by atoms with Crippen LogP contribution in [0.2, 0.25) is 0 Å². The van der Waals surface area contributed by atoms with Crippen LogP contribution in [0.4, 0.5) is 11.8 Å². The summed E-state index contributed by atoms with van der Waals surface area (Å²) in [7, 11) is 0. The van der Waals surface area contributed by atoms with Crippen LogP contribution in [0.5, 0.6) is 0 Å². The minimum absolute atomic E-state index is 0.117. The molecule has 0 amide bonds. The summed E-state index contributed by atoms with van der Waals surface area (Å²) < 4.78 is 0. The molecule has 2 aliphatic rings. The third kappa shape index (κ3) is 1.51. The van der Waals surface area contributed by atoms with Crippen molar-refractivity contribution in [1.29, 1.82) is 0 Å². The number of piperidine rings is 1. The SMILES string of the molecule is Nc1ccnc(N2CCC(O)C3(CC3)C2)n1. The second-order valence-corrected chi connectivity index (χ2v) is 4.87. The fourth-order valence-corrected chi connectivity index (χ4v) is 2.49. The Kier molecular flexibility index (Phi) is 2.04.